The highest BCUT2D eigenvalue weighted by atomic mass is 19.1. The molecule has 1 aromatic heterocycles. The first kappa shape index (κ1) is 18.2. The molecule has 3 aromatic rings. The summed E-state index contributed by atoms with van der Waals surface area (Å²) in [5, 5.41) is 11.0. The number of aromatic nitrogens is 1. The normalized spacial score (nSPS) is 23.0. The van der Waals surface area contributed by atoms with Gasteiger partial charge in [0.1, 0.15) is 17.3 Å². The van der Waals surface area contributed by atoms with E-state index in [9.17, 15) is 14.3 Å². The van der Waals surface area contributed by atoms with E-state index in [-0.39, 0.29) is 24.2 Å². The van der Waals surface area contributed by atoms with Crippen LogP contribution in [-0.4, -0.2) is 46.8 Å². The second-order valence-electron chi connectivity index (χ2n) is 8.28. The molecule has 1 amide bonds. The third kappa shape index (κ3) is 2.52. The first-order valence-electron chi connectivity index (χ1n) is 9.81. The largest absolute Gasteiger partial charge is 0.493 e. The fraction of sp³-hybridized carbons (Fsp3) is 0.348. The number of benzene rings is 2. The highest BCUT2D eigenvalue weighted by Crippen LogP contribution is 2.49. The monoisotopic (exact) mass is 394 g/mol. The number of para-hydroxylation sites is 1. The number of amides is 1. The number of halogens is 1. The molecular formula is C23H23FN2O3. The summed E-state index contributed by atoms with van der Waals surface area (Å²) in [6.07, 6.45) is 0. The molecule has 5 nitrogen and oxygen atoms in total. The SMILES string of the molecule is Cc1c(C(=O)N2C[C@@H]3c4ccccc4OC[C@]3(CO)C2)n(C)c2ccc(F)cc12. The quantitative estimate of drug-likeness (QED) is 0.726. The Morgan fingerprint density at radius 2 is 2.10 bits per heavy atom. The summed E-state index contributed by atoms with van der Waals surface area (Å²) in [7, 11) is 1.84. The second kappa shape index (κ2) is 6.32. The Hall–Kier alpha value is -2.86. The summed E-state index contributed by atoms with van der Waals surface area (Å²) in [5.74, 6) is 0.438. The van der Waals surface area contributed by atoms with Crippen LogP contribution in [0, 0.1) is 18.2 Å². The van der Waals surface area contributed by atoms with Crippen LogP contribution in [0.25, 0.3) is 10.9 Å². The van der Waals surface area contributed by atoms with E-state index in [1.54, 1.807) is 6.07 Å². The van der Waals surface area contributed by atoms with Crippen molar-refractivity contribution >= 4 is 16.8 Å². The molecule has 2 aromatic carbocycles. The van der Waals surface area contributed by atoms with Gasteiger partial charge in [-0.2, -0.15) is 0 Å². The lowest BCUT2D eigenvalue weighted by Gasteiger charge is -2.37. The number of hydrogen-bond acceptors (Lipinski definition) is 3. The summed E-state index contributed by atoms with van der Waals surface area (Å²) in [6.45, 7) is 3.15. The van der Waals surface area contributed by atoms with Gasteiger partial charge in [0.05, 0.1) is 18.6 Å². The van der Waals surface area contributed by atoms with Gasteiger partial charge >= 0.3 is 0 Å². The van der Waals surface area contributed by atoms with E-state index in [0.29, 0.717) is 25.4 Å². The maximum absolute atomic E-state index is 13.8. The summed E-state index contributed by atoms with van der Waals surface area (Å²) < 4.78 is 21.5. The fourth-order valence-corrected chi connectivity index (χ4v) is 5.08. The Bertz CT molecular complexity index is 1140. The average Bonchev–Trinajstić information content (AvgIpc) is 3.24. The first-order chi connectivity index (χ1) is 13.9. The van der Waals surface area contributed by atoms with Gasteiger partial charge < -0.3 is 19.3 Å². The van der Waals surface area contributed by atoms with Crippen LogP contribution in [0.15, 0.2) is 42.5 Å². The standard InChI is InChI=1S/C23H23FN2O3/c1-14-17-9-15(24)7-8-19(17)25(2)21(14)22(28)26-10-18-16-5-3-4-6-20(16)29-13-23(18,11-26)12-27/h3-9,18,27H,10-13H2,1-2H3/t18-,23-/m1/s1. The molecule has 1 saturated heterocycles. The highest BCUT2D eigenvalue weighted by molar-refractivity contribution is 6.01. The highest BCUT2D eigenvalue weighted by Gasteiger charge is 2.52. The summed E-state index contributed by atoms with van der Waals surface area (Å²) >= 11 is 0. The van der Waals surface area contributed by atoms with Gasteiger partial charge in [-0.25, -0.2) is 4.39 Å². The number of likely N-dealkylation sites (tertiary alicyclic amines) is 1. The van der Waals surface area contributed by atoms with Crippen LogP contribution in [0.1, 0.15) is 27.5 Å². The lowest BCUT2D eigenvalue weighted by Crippen LogP contribution is -2.42. The molecular weight excluding hydrogens is 371 g/mol. The number of rotatable bonds is 2. The molecule has 2 aliphatic heterocycles. The summed E-state index contributed by atoms with van der Waals surface area (Å²) in [5.41, 5.74) is 2.70. The molecule has 2 aliphatic rings. The van der Waals surface area contributed by atoms with Crippen molar-refractivity contribution in [3.63, 3.8) is 0 Å². The van der Waals surface area contributed by atoms with Gasteiger partial charge in [0.25, 0.3) is 5.91 Å². The van der Waals surface area contributed by atoms with Gasteiger partial charge in [-0.3, -0.25) is 4.79 Å². The molecule has 1 fully saturated rings. The van der Waals surface area contributed by atoms with E-state index in [1.165, 1.54) is 12.1 Å². The van der Waals surface area contributed by atoms with Gasteiger partial charge in [0.2, 0.25) is 0 Å². The van der Waals surface area contributed by atoms with Crippen molar-refractivity contribution in [3.05, 3.63) is 65.1 Å². The predicted molar refractivity (Wildman–Crippen MR) is 108 cm³/mol. The van der Waals surface area contributed by atoms with Gasteiger partial charge in [0, 0.05) is 37.0 Å². The minimum absolute atomic E-state index is 0.0221. The molecule has 0 unspecified atom stereocenters. The van der Waals surface area contributed by atoms with E-state index in [1.807, 2.05) is 47.7 Å². The molecule has 0 saturated carbocycles. The van der Waals surface area contributed by atoms with Gasteiger partial charge in [-0.1, -0.05) is 18.2 Å². The number of carbonyl (C=O) groups is 1. The first-order valence-corrected chi connectivity index (χ1v) is 9.81. The number of fused-ring (bicyclic) bond motifs is 4. The van der Waals surface area contributed by atoms with Crippen molar-refractivity contribution in [3.8, 4) is 5.75 Å². The van der Waals surface area contributed by atoms with Crippen LogP contribution in [0.2, 0.25) is 0 Å². The van der Waals surface area contributed by atoms with Gasteiger partial charge in [-0.05, 0) is 42.3 Å². The van der Waals surface area contributed by atoms with Crippen LogP contribution in [0.5, 0.6) is 5.75 Å². The van der Waals surface area contributed by atoms with Crippen LogP contribution < -0.4 is 4.74 Å². The Balaban J connectivity index is 1.55. The van der Waals surface area contributed by atoms with Crippen LogP contribution in [0.4, 0.5) is 4.39 Å². The van der Waals surface area contributed by atoms with Crippen molar-refractivity contribution in [1.29, 1.82) is 0 Å². The maximum atomic E-state index is 13.8. The van der Waals surface area contributed by atoms with Crippen molar-refractivity contribution in [2.45, 2.75) is 12.8 Å². The fourth-order valence-electron chi connectivity index (χ4n) is 5.08. The van der Waals surface area contributed by atoms with E-state index in [0.717, 1.165) is 27.8 Å². The third-order valence-electron chi connectivity index (χ3n) is 6.68. The molecule has 29 heavy (non-hydrogen) atoms. The molecule has 0 bridgehead atoms. The molecule has 5 rings (SSSR count). The van der Waals surface area contributed by atoms with Gasteiger partial charge in [0.15, 0.2) is 0 Å². The lowest BCUT2D eigenvalue weighted by atomic mass is 9.74. The smallest absolute Gasteiger partial charge is 0.270 e. The molecule has 1 N–H and O–H groups in total. The van der Waals surface area contributed by atoms with Crippen molar-refractivity contribution < 1.29 is 19.0 Å². The number of aliphatic hydroxyl groups excluding tert-OH is 1. The maximum Gasteiger partial charge on any atom is 0.270 e. The van der Waals surface area contributed by atoms with Crippen molar-refractivity contribution in [2.24, 2.45) is 12.5 Å². The molecule has 3 heterocycles. The minimum Gasteiger partial charge on any atom is -0.493 e. The Morgan fingerprint density at radius 3 is 2.90 bits per heavy atom. The van der Waals surface area contributed by atoms with E-state index < -0.39 is 5.41 Å². The molecule has 150 valence electrons. The number of aryl methyl sites for hydroxylation is 2. The number of carbonyl (C=O) groups excluding carboxylic acids is 1. The molecule has 0 aliphatic carbocycles. The lowest BCUT2D eigenvalue weighted by molar-refractivity contribution is 0.0438. The van der Waals surface area contributed by atoms with E-state index in [2.05, 4.69) is 0 Å². The number of nitrogens with zero attached hydrogens (tertiary/aromatic N) is 2. The second-order valence-corrected chi connectivity index (χ2v) is 8.28. The predicted octanol–water partition coefficient (Wildman–Crippen LogP) is 3.24. The summed E-state index contributed by atoms with van der Waals surface area (Å²) in [6, 6.07) is 12.4. The van der Waals surface area contributed by atoms with E-state index in [4.69, 9.17) is 4.74 Å². The van der Waals surface area contributed by atoms with Gasteiger partial charge in [-0.15, -0.1) is 0 Å². The number of aliphatic hydroxyl groups is 1. The average molecular weight is 394 g/mol. The molecule has 6 heteroatoms. The minimum atomic E-state index is -0.505. The topological polar surface area (TPSA) is 54.7 Å². The third-order valence-corrected chi connectivity index (χ3v) is 6.68. The Kier molecular flexibility index (Phi) is 3.96. The van der Waals surface area contributed by atoms with Crippen molar-refractivity contribution in [1.82, 2.24) is 9.47 Å². The Morgan fingerprint density at radius 1 is 1.31 bits per heavy atom. The Labute approximate surface area is 168 Å². The zero-order valence-corrected chi connectivity index (χ0v) is 16.5. The molecule has 0 spiro atoms. The van der Waals surface area contributed by atoms with Crippen LogP contribution in [0.3, 0.4) is 0 Å². The van der Waals surface area contributed by atoms with Crippen LogP contribution in [-0.2, 0) is 7.05 Å². The number of ether oxygens (including phenoxy) is 1. The van der Waals surface area contributed by atoms with Crippen molar-refractivity contribution in [2.75, 3.05) is 26.3 Å². The van der Waals surface area contributed by atoms with E-state index >= 15 is 0 Å². The molecule has 0 radical (unpaired) electrons. The zero-order chi connectivity index (χ0) is 20.3. The summed E-state index contributed by atoms with van der Waals surface area (Å²) in [4.78, 5) is 15.4. The number of hydrogen-bond donors (Lipinski definition) is 1. The van der Waals surface area contributed by atoms with Crippen LogP contribution >= 0.6 is 0 Å². The zero-order valence-electron chi connectivity index (χ0n) is 16.5. The molecule has 2 atom stereocenters.